The number of amides is 4. The Morgan fingerprint density at radius 2 is 1.65 bits per heavy atom. The molecule has 1 aliphatic heterocycles. The number of likely N-dealkylation sites (tertiary alicyclic amines) is 1. The summed E-state index contributed by atoms with van der Waals surface area (Å²) in [6.45, 7) is 4.21. The molecule has 12 nitrogen and oxygen atoms in total. The quantitative estimate of drug-likeness (QED) is 0.230. The molecule has 0 unspecified atom stereocenters. The molecule has 1 saturated heterocycles. The molecule has 0 aromatic heterocycles. The molecule has 0 radical (unpaired) electrons. The number of carboxylic acids is 1. The van der Waals surface area contributed by atoms with E-state index in [2.05, 4.69) is 33.2 Å². The van der Waals surface area contributed by atoms with Crippen molar-refractivity contribution in [3.63, 3.8) is 0 Å². The normalized spacial score (nSPS) is 14.8. The van der Waals surface area contributed by atoms with Crippen LogP contribution in [0.3, 0.4) is 0 Å². The summed E-state index contributed by atoms with van der Waals surface area (Å²) in [6.07, 6.45) is 0.678. The number of rotatable bonds is 13. The zero-order chi connectivity index (χ0) is 31.5. The molecule has 3 rings (SSSR count). The Balaban J connectivity index is 1.55. The monoisotopic (exact) mass is 708 g/mol. The van der Waals surface area contributed by atoms with Crippen LogP contribution in [0.15, 0.2) is 48.5 Å². The Bertz CT molecular complexity index is 1300. The molecule has 0 saturated carbocycles. The van der Waals surface area contributed by atoms with Crippen LogP contribution in [0.1, 0.15) is 38.7 Å². The summed E-state index contributed by atoms with van der Waals surface area (Å²) < 4.78 is 11.8. The van der Waals surface area contributed by atoms with Gasteiger partial charge in [0.15, 0.2) is 6.61 Å². The zero-order valence-electron chi connectivity index (χ0n) is 24.1. The maximum absolute atomic E-state index is 13.1. The van der Waals surface area contributed by atoms with E-state index >= 15 is 0 Å². The summed E-state index contributed by atoms with van der Waals surface area (Å²) in [5, 5.41) is 15.0. The number of carboxylic acid groups (broad SMARTS) is 1. The molecule has 2 aromatic carbocycles. The first kappa shape index (κ1) is 33.6. The first-order valence-electron chi connectivity index (χ1n) is 14.0. The molecule has 43 heavy (non-hydrogen) atoms. The number of piperidine rings is 1. The van der Waals surface area contributed by atoms with Gasteiger partial charge in [-0.1, -0.05) is 38.1 Å². The van der Waals surface area contributed by atoms with E-state index in [4.69, 9.17) is 15.2 Å². The lowest BCUT2D eigenvalue weighted by atomic mass is 9.97. The molecule has 13 heteroatoms. The molecule has 1 fully saturated rings. The number of nitrogens with zero attached hydrogens (tertiary/aromatic N) is 1. The van der Waals surface area contributed by atoms with Gasteiger partial charge in [0.05, 0.1) is 3.57 Å². The van der Waals surface area contributed by atoms with E-state index in [-0.39, 0.29) is 36.5 Å². The van der Waals surface area contributed by atoms with E-state index in [0.717, 1.165) is 3.57 Å². The molecule has 2 atom stereocenters. The predicted molar refractivity (Wildman–Crippen MR) is 165 cm³/mol. The van der Waals surface area contributed by atoms with Crippen LogP contribution in [0.4, 0.5) is 4.79 Å². The molecule has 2 aromatic rings. The maximum atomic E-state index is 13.1. The molecule has 0 spiro atoms. The summed E-state index contributed by atoms with van der Waals surface area (Å²) in [5.74, 6) is -2.12. The van der Waals surface area contributed by atoms with Crippen LogP contribution in [0.2, 0.25) is 0 Å². The van der Waals surface area contributed by atoms with Crippen molar-refractivity contribution in [3.8, 4) is 11.5 Å². The largest absolute Gasteiger partial charge is 0.483 e. The van der Waals surface area contributed by atoms with Crippen LogP contribution in [0.25, 0.3) is 0 Å². The van der Waals surface area contributed by atoms with E-state index in [1.54, 1.807) is 36.4 Å². The summed E-state index contributed by atoms with van der Waals surface area (Å²) in [6, 6.07) is 11.3. The molecule has 1 heterocycles. The van der Waals surface area contributed by atoms with Crippen molar-refractivity contribution in [1.29, 1.82) is 0 Å². The number of aliphatic carboxylic acids is 1. The summed E-state index contributed by atoms with van der Waals surface area (Å²) in [7, 11) is 0. The fourth-order valence-corrected chi connectivity index (χ4v) is 5.10. The molecule has 4 amide bonds. The third kappa shape index (κ3) is 10.7. The topological polar surface area (TPSA) is 177 Å². The van der Waals surface area contributed by atoms with E-state index < -0.39 is 36.0 Å². The molecular weight excluding hydrogens is 671 g/mol. The molecule has 0 aliphatic carbocycles. The Kier molecular flexibility index (Phi) is 12.6. The van der Waals surface area contributed by atoms with Gasteiger partial charge >= 0.3 is 12.1 Å². The average Bonchev–Trinajstić information content (AvgIpc) is 2.96. The Morgan fingerprint density at radius 3 is 2.23 bits per heavy atom. The van der Waals surface area contributed by atoms with Crippen LogP contribution >= 0.6 is 22.6 Å². The lowest BCUT2D eigenvalue weighted by molar-refractivity contribution is -0.142. The van der Waals surface area contributed by atoms with Crippen molar-refractivity contribution >= 4 is 52.4 Å². The number of carbonyl (C=O) groups is 5. The van der Waals surface area contributed by atoms with Gasteiger partial charge in [0.2, 0.25) is 11.8 Å². The van der Waals surface area contributed by atoms with Gasteiger partial charge in [-0.2, -0.15) is 0 Å². The van der Waals surface area contributed by atoms with E-state index in [1.807, 2.05) is 26.0 Å². The van der Waals surface area contributed by atoms with Gasteiger partial charge in [0, 0.05) is 25.4 Å². The highest BCUT2D eigenvalue weighted by Crippen LogP contribution is 2.21. The van der Waals surface area contributed by atoms with Gasteiger partial charge in [-0.15, -0.1) is 0 Å². The highest BCUT2D eigenvalue weighted by molar-refractivity contribution is 14.1. The van der Waals surface area contributed by atoms with Gasteiger partial charge in [-0.3, -0.25) is 14.4 Å². The number of benzene rings is 2. The van der Waals surface area contributed by atoms with Gasteiger partial charge in [0.1, 0.15) is 23.6 Å². The predicted octanol–water partition coefficient (Wildman–Crippen LogP) is 2.71. The van der Waals surface area contributed by atoms with Crippen molar-refractivity contribution in [2.75, 3.05) is 19.7 Å². The number of primary amides is 1. The first-order valence-corrected chi connectivity index (χ1v) is 15.1. The SMILES string of the molecule is CC(C)C[C@H](NC(=O)COc1ccccc1I)C(=O)N[C@@H](Cc1ccc(OC(=O)N2CCC(C(N)=O)CC2)cc1)C(=O)O. The standard InChI is InChI=1S/C30H37IN4O8/c1-18(2)15-23(33-26(36)17-42-25-6-4-3-5-22(25)31)28(38)34-24(29(39)40)16-19-7-9-21(10-8-19)43-30(41)35-13-11-20(12-14-35)27(32)37/h3-10,18,20,23-24H,11-17H2,1-2H3,(H2,32,37)(H,33,36)(H,34,38)(H,39,40)/t23-,24-/m0/s1. The van der Waals surface area contributed by atoms with Crippen LogP contribution in [-0.4, -0.2) is 71.6 Å². The highest BCUT2D eigenvalue weighted by atomic mass is 127. The fourth-order valence-electron chi connectivity index (χ4n) is 4.56. The van der Waals surface area contributed by atoms with Crippen molar-refractivity contribution < 1.29 is 38.6 Å². The second kappa shape index (κ2) is 16.1. The van der Waals surface area contributed by atoms with Gasteiger partial charge in [-0.05, 0) is 77.6 Å². The number of halogens is 1. The third-order valence-electron chi connectivity index (χ3n) is 6.89. The van der Waals surface area contributed by atoms with Crippen LogP contribution < -0.4 is 25.8 Å². The number of nitrogens with one attached hydrogen (secondary N) is 2. The van der Waals surface area contributed by atoms with E-state index in [0.29, 0.717) is 43.7 Å². The lowest BCUT2D eigenvalue weighted by Gasteiger charge is -2.29. The Morgan fingerprint density at radius 1 is 1.00 bits per heavy atom. The Labute approximate surface area is 263 Å². The lowest BCUT2D eigenvalue weighted by Crippen LogP contribution is -2.53. The van der Waals surface area contributed by atoms with Crippen molar-refractivity contribution in [1.82, 2.24) is 15.5 Å². The number of ether oxygens (including phenoxy) is 2. The highest BCUT2D eigenvalue weighted by Gasteiger charge is 2.29. The smallest absolute Gasteiger partial charge is 0.415 e. The average molecular weight is 709 g/mol. The third-order valence-corrected chi connectivity index (χ3v) is 7.78. The number of para-hydroxylation sites is 1. The van der Waals surface area contributed by atoms with Crippen molar-refractivity contribution in [2.24, 2.45) is 17.6 Å². The summed E-state index contributed by atoms with van der Waals surface area (Å²) >= 11 is 2.09. The van der Waals surface area contributed by atoms with E-state index in [1.165, 1.54) is 4.90 Å². The minimum Gasteiger partial charge on any atom is -0.483 e. The second-order valence-corrected chi connectivity index (χ2v) is 11.9. The summed E-state index contributed by atoms with van der Waals surface area (Å²) in [5.41, 5.74) is 5.93. The van der Waals surface area contributed by atoms with Crippen LogP contribution in [0.5, 0.6) is 11.5 Å². The second-order valence-electron chi connectivity index (χ2n) is 10.7. The van der Waals surface area contributed by atoms with Crippen LogP contribution in [-0.2, 0) is 25.6 Å². The molecular formula is C30H37IN4O8. The minimum absolute atomic E-state index is 0.0339. The van der Waals surface area contributed by atoms with Crippen molar-refractivity contribution in [2.45, 2.75) is 51.6 Å². The molecule has 232 valence electrons. The number of hydrogen-bond donors (Lipinski definition) is 4. The Hall–Kier alpha value is -3.88. The fraction of sp³-hybridized carbons (Fsp3) is 0.433. The number of hydrogen-bond acceptors (Lipinski definition) is 7. The zero-order valence-corrected chi connectivity index (χ0v) is 26.2. The van der Waals surface area contributed by atoms with Gasteiger partial charge in [-0.25, -0.2) is 9.59 Å². The first-order chi connectivity index (χ1) is 20.4. The minimum atomic E-state index is -1.26. The summed E-state index contributed by atoms with van der Waals surface area (Å²) in [4.78, 5) is 63.1. The number of nitrogens with two attached hydrogens (primary N) is 1. The van der Waals surface area contributed by atoms with Crippen LogP contribution in [0, 0.1) is 15.4 Å². The van der Waals surface area contributed by atoms with E-state index in [9.17, 15) is 29.1 Å². The molecule has 0 bridgehead atoms. The van der Waals surface area contributed by atoms with Crippen molar-refractivity contribution in [3.05, 3.63) is 57.7 Å². The maximum Gasteiger partial charge on any atom is 0.415 e. The van der Waals surface area contributed by atoms with Gasteiger partial charge < -0.3 is 35.8 Å². The number of carbonyl (C=O) groups excluding carboxylic acids is 4. The van der Waals surface area contributed by atoms with Gasteiger partial charge in [0.25, 0.3) is 5.91 Å². The molecule has 1 aliphatic rings. The molecule has 5 N–H and O–H groups in total.